The van der Waals surface area contributed by atoms with Crippen LogP contribution in [-0.4, -0.2) is 37.5 Å². The van der Waals surface area contributed by atoms with Crippen molar-refractivity contribution in [3.63, 3.8) is 0 Å². The second-order valence-electron chi connectivity index (χ2n) is 5.44. The summed E-state index contributed by atoms with van der Waals surface area (Å²) < 4.78 is 1.53. The molecule has 0 aliphatic carbocycles. The summed E-state index contributed by atoms with van der Waals surface area (Å²) >= 11 is 0. The Hall–Kier alpha value is -3.55. The molecule has 1 aliphatic heterocycles. The first-order valence-electron chi connectivity index (χ1n) is 7.69. The van der Waals surface area contributed by atoms with Gasteiger partial charge in [0, 0.05) is 6.42 Å². The number of pyridine rings is 1. The van der Waals surface area contributed by atoms with Crippen LogP contribution < -0.4 is 5.32 Å². The summed E-state index contributed by atoms with van der Waals surface area (Å²) in [7, 11) is 0. The zero-order valence-corrected chi connectivity index (χ0v) is 13.1. The monoisotopic (exact) mass is 334 g/mol. The van der Waals surface area contributed by atoms with E-state index >= 15 is 0 Å². The van der Waals surface area contributed by atoms with E-state index in [1.165, 1.54) is 11.0 Å². The molecule has 0 unspecified atom stereocenters. The number of aromatic nitrogens is 4. The Morgan fingerprint density at radius 2 is 2.08 bits per heavy atom. The van der Waals surface area contributed by atoms with Gasteiger partial charge in [-0.25, -0.2) is 14.6 Å². The lowest BCUT2D eigenvalue weighted by atomic mass is 10.0. The van der Waals surface area contributed by atoms with Crippen LogP contribution in [0.3, 0.4) is 0 Å². The molecule has 0 spiro atoms. The minimum Gasteiger partial charge on any atom is -0.382 e. The van der Waals surface area contributed by atoms with Gasteiger partial charge >= 0.3 is 0 Å². The van der Waals surface area contributed by atoms with Crippen LogP contribution >= 0.6 is 0 Å². The molecule has 1 atom stereocenters. The Morgan fingerprint density at radius 1 is 1.20 bits per heavy atom. The van der Waals surface area contributed by atoms with Crippen LogP contribution in [0, 0.1) is 0 Å². The third-order valence-electron chi connectivity index (χ3n) is 3.74. The summed E-state index contributed by atoms with van der Waals surface area (Å²) in [6.45, 7) is 0. The second kappa shape index (κ2) is 6.52. The lowest BCUT2D eigenvalue weighted by Gasteiger charge is -2.09. The smallest absolute Gasteiger partial charge is 0.268 e. The topological polar surface area (TPSA) is 94.3 Å². The van der Waals surface area contributed by atoms with Crippen LogP contribution in [-0.2, 0) is 9.63 Å². The number of carbonyl (C=O) groups excluding carboxylic acids is 1. The molecular formula is C17H14N6O2. The highest BCUT2D eigenvalue weighted by molar-refractivity contribution is 6.06. The van der Waals surface area contributed by atoms with E-state index in [2.05, 4.69) is 25.5 Å². The van der Waals surface area contributed by atoms with Crippen LogP contribution in [0.2, 0.25) is 0 Å². The number of rotatable bonds is 4. The molecule has 2 aromatic heterocycles. The standard InChI is InChI=1S/C17H14N6O2/c24-17(15-8-14(22-25-15)12-4-2-1-3-5-12)21-13-6-7-16(19-9-13)23-11-18-10-20-23/h1-7,9-11,15H,8H2,(H,21,24)/t15-/m0/s1. The van der Waals surface area contributed by atoms with E-state index in [-0.39, 0.29) is 5.91 Å². The number of hydrogen-bond acceptors (Lipinski definition) is 6. The number of anilines is 1. The molecule has 25 heavy (non-hydrogen) atoms. The molecule has 0 bridgehead atoms. The van der Waals surface area contributed by atoms with Gasteiger partial charge in [0.1, 0.15) is 12.7 Å². The highest BCUT2D eigenvalue weighted by Gasteiger charge is 2.28. The van der Waals surface area contributed by atoms with Crippen molar-refractivity contribution in [1.82, 2.24) is 19.7 Å². The highest BCUT2D eigenvalue weighted by Crippen LogP contribution is 2.18. The second-order valence-corrected chi connectivity index (χ2v) is 5.44. The fourth-order valence-electron chi connectivity index (χ4n) is 2.46. The molecule has 8 heteroatoms. The molecule has 3 aromatic rings. The average Bonchev–Trinajstić information content (AvgIpc) is 3.35. The van der Waals surface area contributed by atoms with E-state index in [9.17, 15) is 4.79 Å². The molecule has 1 amide bonds. The molecular weight excluding hydrogens is 320 g/mol. The van der Waals surface area contributed by atoms with E-state index < -0.39 is 6.10 Å². The van der Waals surface area contributed by atoms with Gasteiger partial charge in [0.05, 0.1) is 17.6 Å². The molecule has 4 rings (SSSR count). The lowest BCUT2D eigenvalue weighted by Crippen LogP contribution is -2.28. The van der Waals surface area contributed by atoms with Crippen molar-refractivity contribution < 1.29 is 9.63 Å². The van der Waals surface area contributed by atoms with E-state index in [1.807, 2.05) is 30.3 Å². The van der Waals surface area contributed by atoms with Gasteiger partial charge in [0.15, 0.2) is 5.82 Å². The number of amides is 1. The summed E-state index contributed by atoms with van der Waals surface area (Å²) in [6, 6.07) is 13.1. The first kappa shape index (κ1) is 15.0. The maximum absolute atomic E-state index is 12.3. The van der Waals surface area contributed by atoms with Crippen LogP contribution in [0.1, 0.15) is 12.0 Å². The van der Waals surface area contributed by atoms with Crippen LogP contribution in [0.15, 0.2) is 66.5 Å². The Morgan fingerprint density at radius 3 is 2.80 bits per heavy atom. The third kappa shape index (κ3) is 3.23. The van der Waals surface area contributed by atoms with Crippen LogP contribution in [0.5, 0.6) is 0 Å². The van der Waals surface area contributed by atoms with E-state index in [4.69, 9.17) is 4.84 Å². The summed E-state index contributed by atoms with van der Waals surface area (Å²) in [6.07, 6.45) is 4.32. The Kier molecular flexibility index (Phi) is 3.91. The molecule has 1 aromatic carbocycles. The maximum Gasteiger partial charge on any atom is 0.268 e. The zero-order chi connectivity index (χ0) is 17.1. The molecule has 0 fully saturated rings. The van der Waals surface area contributed by atoms with Crippen molar-refractivity contribution in [2.24, 2.45) is 5.16 Å². The van der Waals surface area contributed by atoms with Crippen LogP contribution in [0.25, 0.3) is 5.82 Å². The van der Waals surface area contributed by atoms with Crippen molar-refractivity contribution in [1.29, 1.82) is 0 Å². The summed E-state index contributed by atoms with van der Waals surface area (Å²) in [5.74, 6) is 0.354. The third-order valence-corrected chi connectivity index (χ3v) is 3.74. The average molecular weight is 334 g/mol. The maximum atomic E-state index is 12.3. The Bertz CT molecular complexity index is 891. The number of benzene rings is 1. The van der Waals surface area contributed by atoms with Gasteiger partial charge in [0.25, 0.3) is 5.91 Å². The first-order chi connectivity index (χ1) is 12.3. The van der Waals surface area contributed by atoms with Gasteiger partial charge in [-0.3, -0.25) is 4.79 Å². The van der Waals surface area contributed by atoms with Crippen molar-refractivity contribution >= 4 is 17.3 Å². The van der Waals surface area contributed by atoms with E-state index in [1.54, 1.807) is 24.7 Å². The van der Waals surface area contributed by atoms with Gasteiger partial charge in [-0.1, -0.05) is 35.5 Å². The number of nitrogens with zero attached hydrogens (tertiary/aromatic N) is 5. The SMILES string of the molecule is O=C(Nc1ccc(-n2cncn2)nc1)[C@@H]1CC(c2ccccc2)=NO1. The Balaban J connectivity index is 1.38. The first-order valence-corrected chi connectivity index (χ1v) is 7.69. The summed E-state index contributed by atoms with van der Waals surface area (Å²) in [5.41, 5.74) is 2.29. The molecule has 0 saturated heterocycles. The normalized spacial score (nSPS) is 16.2. The number of oxime groups is 1. The molecule has 1 N–H and O–H groups in total. The fraction of sp³-hybridized carbons (Fsp3) is 0.118. The zero-order valence-electron chi connectivity index (χ0n) is 13.1. The van der Waals surface area contributed by atoms with E-state index in [0.717, 1.165) is 11.3 Å². The predicted octanol–water partition coefficient (Wildman–Crippen LogP) is 1.79. The molecule has 0 radical (unpaired) electrons. The van der Waals surface area contributed by atoms with Crippen molar-refractivity contribution in [2.75, 3.05) is 5.32 Å². The quantitative estimate of drug-likeness (QED) is 0.785. The summed E-state index contributed by atoms with van der Waals surface area (Å²) in [5, 5.41) is 10.8. The van der Waals surface area contributed by atoms with Crippen molar-refractivity contribution in [3.8, 4) is 5.82 Å². The highest BCUT2D eigenvalue weighted by atomic mass is 16.6. The van der Waals surface area contributed by atoms with E-state index in [0.29, 0.717) is 17.9 Å². The number of nitrogens with one attached hydrogen (secondary N) is 1. The van der Waals surface area contributed by atoms with Gasteiger partial charge in [-0.2, -0.15) is 5.10 Å². The lowest BCUT2D eigenvalue weighted by molar-refractivity contribution is -0.125. The summed E-state index contributed by atoms with van der Waals surface area (Å²) in [4.78, 5) is 25.7. The van der Waals surface area contributed by atoms with Crippen molar-refractivity contribution in [2.45, 2.75) is 12.5 Å². The molecule has 3 heterocycles. The van der Waals surface area contributed by atoms with Gasteiger partial charge in [-0.15, -0.1) is 0 Å². The predicted molar refractivity (Wildman–Crippen MR) is 90.3 cm³/mol. The molecule has 1 aliphatic rings. The van der Waals surface area contributed by atoms with Gasteiger partial charge in [0.2, 0.25) is 6.10 Å². The Labute approximate surface area is 143 Å². The minimum atomic E-state index is -0.648. The number of carbonyl (C=O) groups is 1. The molecule has 8 nitrogen and oxygen atoms in total. The fourth-order valence-corrected chi connectivity index (χ4v) is 2.46. The van der Waals surface area contributed by atoms with Crippen LogP contribution in [0.4, 0.5) is 5.69 Å². The minimum absolute atomic E-state index is 0.259. The van der Waals surface area contributed by atoms with Crippen molar-refractivity contribution in [3.05, 3.63) is 66.9 Å². The number of hydrogen-bond donors (Lipinski definition) is 1. The van der Waals surface area contributed by atoms with Gasteiger partial charge in [-0.05, 0) is 17.7 Å². The molecule has 124 valence electrons. The largest absolute Gasteiger partial charge is 0.382 e. The van der Waals surface area contributed by atoms with Gasteiger partial charge < -0.3 is 10.2 Å². The molecule has 0 saturated carbocycles.